The lowest BCUT2D eigenvalue weighted by molar-refractivity contribution is 0.244. The van der Waals surface area contributed by atoms with Crippen molar-refractivity contribution in [2.75, 3.05) is 32.7 Å². The van der Waals surface area contributed by atoms with Crippen molar-refractivity contribution in [2.24, 2.45) is 5.92 Å². The first kappa shape index (κ1) is 21.7. The predicted octanol–water partition coefficient (Wildman–Crippen LogP) is 5.79. The molecule has 2 heteroatoms. The van der Waals surface area contributed by atoms with E-state index in [0.29, 0.717) is 0 Å². The fourth-order valence-electron chi connectivity index (χ4n) is 3.86. The second-order valence-corrected chi connectivity index (χ2v) is 7.73. The summed E-state index contributed by atoms with van der Waals surface area (Å²) in [5.74, 6) is 0.986. The smallest absolute Gasteiger partial charge is 0.00158 e. The summed E-state index contributed by atoms with van der Waals surface area (Å²) >= 11 is 0. The van der Waals surface area contributed by atoms with Gasteiger partial charge in [-0.25, -0.2) is 0 Å². The zero-order valence-corrected chi connectivity index (χ0v) is 16.5. The molecule has 142 valence electrons. The molecule has 1 aliphatic rings. The third kappa shape index (κ3) is 12.1. The normalized spacial score (nSPS) is 15.9. The van der Waals surface area contributed by atoms with E-state index in [4.69, 9.17) is 0 Å². The summed E-state index contributed by atoms with van der Waals surface area (Å²) in [6.07, 6.45) is 20.1. The molecule has 0 radical (unpaired) electrons. The summed E-state index contributed by atoms with van der Waals surface area (Å²) in [7, 11) is 0. The molecule has 1 fully saturated rings. The summed E-state index contributed by atoms with van der Waals surface area (Å²) in [6.45, 7) is 12.6. The number of piperidine rings is 1. The van der Waals surface area contributed by atoms with Gasteiger partial charge in [0.15, 0.2) is 0 Å². The molecule has 0 atom stereocenters. The van der Waals surface area contributed by atoms with Gasteiger partial charge in [0.1, 0.15) is 0 Å². The first-order chi connectivity index (χ1) is 11.9. The Morgan fingerprint density at radius 2 is 1.50 bits per heavy atom. The van der Waals surface area contributed by atoms with Crippen LogP contribution in [-0.4, -0.2) is 37.6 Å². The molecule has 0 aromatic heterocycles. The van der Waals surface area contributed by atoms with E-state index < -0.39 is 0 Å². The molecule has 24 heavy (non-hydrogen) atoms. The van der Waals surface area contributed by atoms with Gasteiger partial charge in [-0.05, 0) is 83.6 Å². The van der Waals surface area contributed by atoms with Crippen LogP contribution in [0.3, 0.4) is 0 Å². The molecule has 1 N–H and O–H groups in total. The van der Waals surface area contributed by atoms with Crippen LogP contribution in [0.15, 0.2) is 12.7 Å². The number of hydrogen-bond donors (Lipinski definition) is 1. The van der Waals surface area contributed by atoms with Crippen molar-refractivity contribution in [2.45, 2.75) is 90.4 Å². The largest absolute Gasteiger partial charge is 0.317 e. The van der Waals surface area contributed by atoms with E-state index in [1.54, 1.807) is 0 Å². The van der Waals surface area contributed by atoms with Gasteiger partial charge < -0.3 is 10.2 Å². The van der Waals surface area contributed by atoms with Crippen molar-refractivity contribution in [1.29, 1.82) is 0 Å². The van der Waals surface area contributed by atoms with E-state index in [9.17, 15) is 0 Å². The molecule has 1 aliphatic heterocycles. The fraction of sp³-hybridized carbons (Fsp3) is 0.909. The topological polar surface area (TPSA) is 15.3 Å². The first-order valence-corrected chi connectivity index (χ1v) is 10.9. The molecule has 0 amide bonds. The Bertz CT molecular complexity index is 271. The van der Waals surface area contributed by atoms with E-state index in [-0.39, 0.29) is 0 Å². The molecule has 2 nitrogen and oxygen atoms in total. The Labute approximate surface area is 152 Å². The van der Waals surface area contributed by atoms with E-state index in [2.05, 4.69) is 29.8 Å². The summed E-state index contributed by atoms with van der Waals surface area (Å²) in [4.78, 5) is 2.73. The third-order valence-corrected chi connectivity index (χ3v) is 5.51. The maximum Gasteiger partial charge on any atom is -0.00158 e. The highest BCUT2D eigenvalue weighted by Crippen LogP contribution is 2.18. The molecular weight excluding hydrogens is 292 g/mol. The minimum Gasteiger partial charge on any atom is -0.317 e. The zero-order valence-electron chi connectivity index (χ0n) is 16.5. The lowest BCUT2D eigenvalue weighted by atomic mass is 9.93. The van der Waals surface area contributed by atoms with Crippen molar-refractivity contribution < 1.29 is 0 Å². The van der Waals surface area contributed by atoms with Crippen LogP contribution in [0.5, 0.6) is 0 Å². The van der Waals surface area contributed by atoms with Crippen LogP contribution in [0, 0.1) is 5.92 Å². The lowest BCUT2D eigenvalue weighted by Crippen LogP contribution is -2.30. The Morgan fingerprint density at radius 1 is 0.875 bits per heavy atom. The van der Waals surface area contributed by atoms with Crippen molar-refractivity contribution in [3.05, 3.63) is 12.7 Å². The van der Waals surface area contributed by atoms with E-state index in [0.717, 1.165) is 5.92 Å². The van der Waals surface area contributed by atoms with Crippen LogP contribution in [0.2, 0.25) is 0 Å². The molecule has 1 saturated heterocycles. The zero-order chi connectivity index (χ0) is 17.3. The maximum atomic E-state index is 3.87. The van der Waals surface area contributed by atoms with Crippen LogP contribution in [0.25, 0.3) is 0 Å². The number of unbranched alkanes of at least 4 members (excludes halogenated alkanes) is 7. The lowest BCUT2D eigenvalue weighted by Gasteiger charge is -2.25. The standard InChI is InChI=1S/C22H44N2/c1-3-5-7-8-9-10-12-20-24(19-11-6-4-2)21-13-14-22-15-17-23-18-16-22/h4,22-23H,2-3,5-21H2,1H3. The Kier molecular flexibility index (Phi) is 14.6. The van der Waals surface area contributed by atoms with E-state index in [1.165, 1.54) is 116 Å². The maximum absolute atomic E-state index is 3.87. The summed E-state index contributed by atoms with van der Waals surface area (Å²) < 4.78 is 0. The predicted molar refractivity (Wildman–Crippen MR) is 109 cm³/mol. The van der Waals surface area contributed by atoms with Gasteiger partial charge in [0.05, 0.1) is 0 Å². The monoisotopic (exact) mass is 336 g/mol. The summed E-state index contributed by atoms with van der Waals surface area (Å²) in [5, 5.41) is 3.48. The van der Waals surface area contributed by atoms with Crippen molar-refractivity contribution in [3.63, 3.8) is 0 Å². The number of rotatable bonds is 16. The Hall–Kier alpha value is -0.340. The van der Waals surface area contributed by atoms with E-state index in [1.807, 2.05) is 0 Å². The van der Waals surface area contributed by atoms with Crippen LogP contribution in [-0.2, 0) is 0 Å². The van der Waals surface area contributed by atoms with Gasteiger partial charge in [0.2, 0.25) is 0 Å². The minimum absolute atomic E-state index is 0.986. The van der Waals surface area contributed by atoms with Gasteiger partial charge >= 0.3 is 0 Å². The molecule has 0 aliphatic carbocycles. The molecule has 0 aromatic rings. The van der Waals surface area contributed by atoms with Crippen molar-refractivity contribution in [3.8, 4) is 0 Å². The molecule has 1 rings (SSSR count). The molecule has 1 heterocycles. The first-order valence-electron chi connectivity index (χ1n) is 10.9. The van der Waals surface area contributed by atoms with Gasteiger partial charge in [-0.1, -0.05) is 51.5 Å². The number of nitrogens with zero attached hydrogens (tertiary/aromatic N) is 1. The second-order valence-electron chi connectivity index (χ2n) is 7.73. The summed E-state index contributed by atoms with van der Waals surface area (Å²) in [5.41, 5.74) is 0. The average Bonchev–Trinajstić information content (AvgIpc) is 2.61. The number of nitrogens with one attached hydrogen (secondary N) is 1. The summed E-state index contributed by atoms with van der Waals surface area (Å²) in [6, 6.07) is 0. The molecule has 0 bridgehead atoms. The molecule has 0 spiro atoms. The van der Waals surface area contributed by atoms with Crippen molar-refractivity contribution >= 4 is 0 Å². The highest BCUT2D eigenvalue weighted by molar-refractivity contribution is 4.71. The quantitative estimate of drug-likeness (QED) is 0.284. The van der Waals surface area contributed by atoms with Gasteiger partial charge in [-0.3, -0.25) is 0 Å². The Morgan fingerprint density at radius 3 is 2.21 bits per heavy atom. The van der Waals surface area contributed by atoms with Crippen molar-refractivity contribution in [1.82, 2.24) is 10.2 Å². The molecule has 0 unspecified atom stereocenters. The van der Waals surface area contributed by atoms with Gasteiger partial charge in [0.25, 0.3) is 0 Å². The van der Waals surface area contributed by atoms with Crippen LogP contribution in [0.1, 0.15) is 90.4 Å². The van der Waals surface area contributed by atoms with Crippen LogP contribution >= 0.6 is 0 Å². The Balaban J connectivity index is 2.10. The SMILES string of the molecule is C=CCCCN(CCCCCCCCC)CCCC1CCNCC1. The molecular formula is C22H44N2. The van der Waals surface area contributed by atoms with Gasteiger partial charge in [0, 0.05) is 0 Å². The molecule has 0 aromatic carbocycles. The number of allylic oxidation sites excluding steroid dienone is 1. The number of hydrogen-bond acceptors (Lipinski definition) is 2. The average molecular weight is 337 g/mol. The highest BCUT2D eigenvalue weighted by Gasteiger charge is 2.13. The van der Waals surface area contributed by atoms with Gasteiger partial charge in [-0.2, -0.15) is 0 Å². The van der Waals surface area contributed by atoms with Gasteiger partial charge in [-0.15, -0.1) is 6.58 Å². The van der Waals surface area contributed by atoms with Crippen LogP contribution in [0.4, 0.5) is 0 Å². The molecule has 0 saturated carbocycles. The minimum atomic E-state index is 0.986. The fourth-order valence-corrected chi connectivity index (χ4v) is 3.86. The second kappa shape index (κ2) is 16.1. The van der Waals surface area contributed by atoms with E-state index >= 15 is 0 Å². The highest BCUT2D eigenvalue weighted by atomic mass is 15.1. The third-order valence-electron chi connectivity index (χ3n) is 5.51. The van der Waals surface area contributed by atoms with Crippen LogP contribution < -0.4 is 5.32 Å².